The number of likely N-dealkylation sites (tertiary alicyclic amines) is 1. The Morgan fingerprint density at radius 2 is 1.68 bits per heavy atom. The summed E-state index contributed by atoms with van der Waals surface area (Å²) in [5, 5.41) is 0. The van der Waals surface area contributed by atoms with Crippen molar-refractivity contribution in [3.05, 3.63) is 65.5 Å². The second-order valence-electron chi connectivity index (χ2n) is 7.72. The van der Waals surface area contributed by atoms with Crippen molar-refractivity contribution in [2.75, 3.05) is 13.1 Å². The van der Waals surface area contributed by atoms with Crippen LogP contribution in [0.1, 0.15) is 42.5 Å². The summed E-state index contributed by atoms with van der Waals surface area (Å²) in [5.41, 5.74) is 6.21. The molecule has 3 aromatic rings. The predicted molar refractivity (Wildman–Crippen MR) is 114 cm³/mol. The van der Waals surface area contributed by atoms with Crippen molar-refractivity contribution in [3.8, 4) is 11.3 Å². The number of imidazole rings is 1. The van der Waals surface area contributed by atoms with Gasteiger partial charge in [0, 0.05) is 30.9 Å². The van der Waals surface area contributed by atoms with E-state index >= 15 is 0 Å². The van der Waals surface area contributed by atoms with E-state index in [-0.39, 0.29) is 5.91 Å². The maximum atomic E-state index is 12.7. The van der Waals surface area contributed by atoms with Crippen LogP contribution in [0.2, 0.25) is 0 Å². The summed E-state index contributed by atoms with van der Waals surface area (Å²) in [6.45, 7) is 5.87. The molecule has 0 radical (unpaired) electrons. The Bertz CT molecular complexity index is 1010. The van der Waals surface area contributed by atoms with Crippen LogP contribution in [0.15, 0.2) is 48.7 Å². The molecule has 4 heteroatoms. The van der Waals surface area contributed by atoms with Gasteiger partial charge in [0.05, 0.1) is 11.4 Å². The first-order chi connectivity index (χ1) is 13.6. The molecule has 28 heavy (non-hydrogen) atoms. The van der Waals surface area contributed by atoms with E-state index < -0.39 is 0 Å². The Labute approximate surface area is 166 Å². The quantitative estimate of drug-likeness (QED) is 0.604. The first kappa shape index (κ1) is 18.5. The number of hydrogen-bond acceptors (Lipinski definition) is 2. The van der Waals surface area contributed by atoms with Crippen LogP contribution in [0.5, 0.6) is 0 Å². The number of benzene rings is 1. The summed E-state index contributed by atoms with van der Waals surface area (Å²) in [6.07, 6.45) is 10.3. The highest BCUT2D eigenvalue weighted by Gasteiger charge is 2.15. The largest absolute Gasteiger partial charge is 0.339 e. The molecule has 1 fully saturated rings. The lowest BCUT2D eigenvalue weighted by molar-refractivity contribution is -0.125. The third kappa shape index (κ3) is 3.86. The van der Waals surface area contributed by atoms with Crippen molar-refractivity contribution >= 4 is 17.6 Å². The van der Waals surface area contributed by atoms with Crippen LogP contribution in [0, 0.1) is 13.8 Å². The zero-order valence-corrected chi connectivity index (χ0v) is 16.7. The van der Waals surface area contributed by atoms with Gasteiger partial charge in [-0.3, -0.25) is 9.20 Å². The van der Waals surface area contributed by atoms with Crippen LogP contribution < -0.4 is 0 Å². The monoisotopic (exact) mass is 373 g/mol. The number of carbonyl (C=O) groups excluding carboxylic acids is 1. The Hall–Kier alpha value is -2.88. The summed E-state index contributed by atoms with van der Waals surface area (Å²) in [4.78, 5) is 19.6. The number of nitrogens with zero attached hydrogens (tertiary/aromatic N) is 3. The minimum absolute atomic E-state index is 0.0961. The number of rotatable bonds is 3. The first-order valence-corrected chi connectivity index (χ1v) is 10.1. The minimum Gasteiger partial charge on any atom is -0.339 e. The van der Waals surface area contributed by atoms with E-state index in [1.807, 2.05) is 17.2 Å². The standard InChI is InChI=1S/C24H27N3O/c1-18-7-9-20(10-8-18)24-21(27-16-13-19(2)17-22(27)25-24)11-12-23(28)26-14-5-3-4-6-15-26/h7-13,16-17H,3-6,14-15H2,1-2H3/b12-11+. The summed E-state index contributed by atoms with van der Waals surface area (Å²) < 4.78 is 2.06. The smallest absolute Gasteiger partial charge is 0.246 e. The predicted octanol–water partition coefficient (Wildman–Crippen LogP) is 5.03. The highest BCUT2D eigenvalue weighted by molar-refractivity contribution is 5.93. The number of amides is 1. The topological polar surface area (TPSA) is 37.6 Å². The van der Waals surface area contributed by atoms with E-state index in [4.69, 9.17) is 4.98 Å². The molecule has 0 aliphatic carbocycles. The van der Waals surface area contributed by atoms with Crippen LogP contribution >= 0.6 is 0 Å². The van der Waals surface area contributed by atoms with E-state index in [0.717, 1.165) is 48.5 Å². The minimum atomic E-state index is 0.0961. The van der Waals surface area contributed by atoms with Crippen molar-refractivity contribution in [3.63, 3.8) is 0 Å². The maximum Gasteiger partial charge on any atom is 0.246 e. The molecule has 0 saturated carbocycles. The molecule has 3 heterocycles. The summed E-state index contributed by atoms with van der Waals surface area (Å²) in [6, 6.07) is 12.5. The fourth-order valence-electron chi connectivity index (χ4n) is 3.80. The van der Waals surface area contributed by atoms with E-state index in [1.165, 1.54) is 24.0 Å². The number of aryl methyl sites for hydroxylation is 2. The molecule has 1 aliphatic rings. The van der Waals surface area contributed by atoms with Crippen LogP contribution in [0.4, 0.5) is 0 Å². The van der Waals surface area contributed by atoms with E-state index in [0.29, 0.717) is 0 Å². The van der Waals surface area contributed by atoms with Gasteiger partial charge in [-0.25, -0.2) is 4.98 Å². The SMILES string of the molecule is Cc1ccc(-c2nc3cc(C)ccn3c2/C=C/C(=O)N2CCCCCC2)cc1. The molecule has 4 rings (SSSR count). The highest BCUT2D eigenvalue weighted by atomic mass is 16.2. The van der Waals surface area contributed by atoms with Crippen LogP contribution in [0.25, 0.3) is 23.0 Å². The lowest BCUT2D eigenvalue weighted by Crippen LogP contribution is -2.30. The molecule has 1 aromatic carbocycles. The van der Waals surface area contributed by atoms with Gasteiger partial charge in [-0.1, -0.05) is 42.7 Å². The Kier molecular flexibility index (Phi) is 5.29. The fraction of sp³-hybridized carbons (Fsp3) is 0.333. The maximum absolute atomic E-state index is 12.7. The second kappa shape index (κ2) is 8.01. The lowest BCUT2D eigenvalue weighted by atomic mass is 10.1. The van der Waals surface area contributed by atoms with Gasteiger partial charge in [0.15, 0.2) is 0 Å². The zero-order valence-electron chi connectivity index (χ0n) is 16.7. The molecular formula is C24H27N3O. The first-order valence-electron chi connectivity index (χ1n) is 10.1. The molecule has 0 bridgehead atoms. The molecule has 0 atom stereocenters. The van der Waals surface area contributed by atoms with Gasteiger partial charge in [-0.2, -0.15) is 0 Å². The lowest BCUT2D eigenvalue weighted by Gasteiger charge is -2.18. The third-order valence-corrected chi connectivity index (χ3v) is 5.45. The van der Waals surface area contributed by atoms with Gasteiger partial charge < -0.3 is 4.90 Å². The van der Waals surface area contributed by atoms with E-state index in [2.05, 4.69) is 54.6 Å². The van der Waals surface area contributed by atoms with Crippen LogP contribution in [0.3, 0.4) is 0 Å². The molecule has 4 nitrogen and oxygen atoms in total. The van der Waals surface area contributed by atoms with Crippen LogP contribution in [-0.4, -0.2) is 33.3 Å². The summed E-state index contributed by atoms with van der Waals surface area (Å²) >= 11 is 0. The molecule has 1 amide bonds. The Morgan fingerprint density at radius 3 is 2.39 bits per heavy atom. The van der Waals surface area contributed by atoms with Gasteiger partial charge in [-0.15, -0.1) is 0 Å². The molecule has 1 saturated heterocycles. The number of pyridine rings is 1. The molecular weight excluding hydrogens is 346 g/mol. The normalized spacial score (nSPS) is 15.3. The number of aromatic nitrogens is 2. The zero-order chi connectivity index (χ0) is 19.5. The van der Waals surface area contributed by atoms with Crippen LogP contribution in [-0.2, 0) is 4.79 Å². The molecule has 0 unspecified atom stereocenters. The number of fused-ring (bicyclic) bond motifs is 1. The van der Waals surface area contributed by atoms with Gasteiger partial charge in [0.25, 0.3) is 0 Å². The average Bonchev–Trinajstić information content (AvgIpc) is 2.86. The Morgan fingerprint density at radius 1 is 0.964 bits per heavy atom. The fourth-order valence-corrected chi connectivity index (χ4v) is 3.80. The van der Waals surface area contributed by atoms with Crippen molar-refractivity contribution in [1.29, 1.82) is 0 Å². The summed E-state index contributed by atoms with van der Waals surface area (Å²) in [7, 11) is 0. The Balaban J connectivity index is 1.72. The summed E-state index contributed by atoms with van der Waals surface area (Å²) in [5.74, 6) is 0.0961. The molecule has 2 aromatic heterocycles. The van der Waals surface area contributed by atoms with Gasteiger partial charge in [0.2, 0.25) is 5.91 Å². The third-order valence-electron chi connectivity index (χ3n) is 5.45. The number of carbonyl (C=O) groups is 1. The second-order valence-corrected chi connectivity index (χ2v) is 7.72. The molecule has 144 valence electrons. The van der Waals surface area contributed by atoms with E-state index in [9.17, 15) is 4.79 Å². The molecule has 0 spiro atoms. The van der Waals surface area contributed by atoms with Crippen molar-refractivity contribution < 1.29 is 4.79 Å². The highest BCUT2D eigenvalue weighted by Crippen LogP contribution is 2.26. The van der Waals surface area contributed by atoms with Gasteiger partial charge in [-0.05, 0) is 50.5 Å². The number of hydrogen-bond donors (Lipinski definition) is 0. The van der Waals surface area contributed by atoms with Gasteiger partial charge in [0.1, 0.15) is 5.65 Å². The van der Waals surface area contributed by atoms with Crippen molar-refractivity contribution in [2.45, 2.75) is 39.5 Å². The van der Waals surface area contributed by atoms with Gasteiger partial charge >= 0.3 is 0 Å². The molecule has 1 aliphatic heterocycles. The molecule has 0 N–H and O–H groups in total. The van der Waals surface area contributed by atoms with Crippen molar-refractivity contribution in [2.24, 2.45) is 0 Å². The van der Waals surface area contributed by atoms with Crippen molar-refractivity contribution in [1.82, 2.24) is 14.3 Å². The van der Waals surface area contributed by atoms with E-state index in [1.54, 1.807) is 6.08 Å². The average molecular weight is 374 g/mol.